The highest BCUT2D eigenvalue weighted by Crippen LogP contribution is 2.19. The second-order valence-electron chi connectivity index (χ2n) is 8.59. The molecule has 0 saturated carbocycles. The van der Waals surface area contributed by atoms with Gasteiger partial charge in [0, 0.05) is 44.8 Å². The average Bonchev–Trinajstić information content (AvgIpc) is 3.38. The average molecular weight is 516 g/mol. The number of ether oxygens (including phenoxy) is 1. The number of aromatic nitrogens is 4. The first-order valence-corrected chi connectivity index (χ1v) is 13.1. The van der Waals surface area contributed by atoms with Crippen molar-refractivity contribution in [1.82, 2.24) is 34.3 Å². The number of carbonyl (C=O) groups excluding carboxylic acids is 1. The van der Waals surface area contributed by atoms with E-state index in [0.29, 0.717) is 76.1 Å². The maximum absolute atomic E-state index is 13.2. The van der Waals surface area contributed by atoms with Crippen LogP contribution in [-0.4, -0.2) is 101 Å². The molecule has 0 N–H and O–H groups in total. The van der Waals surface area contributed by atoms with E-state index in [1.54, 1.807) is 33.8 Å². The van der Waals surface area contributed by atoms with Crippen LogP contribution < -0.4 is 0 Å². The molecule has 1 aromatic heterocycles. The van der Waals surface area contributed by atoms with E-state index in [4.69, 9.17) is 4.74 Å². The Balaban J connectivity index is 1.18. The molecule has 1 amide bonds. The van der Waals surface area contributed by atoms with Gasteiger partial charge in [-0.25, -0.2) is 12.8 Å². The van der Waals surface area contributed by atoms with Gasteiger partial charge in [0.2, 0.25) is 10.0 Å². The van der Waals surface area contributed by atoms with Crippen molar-refractivity contribution in [2.75, 3.05) is 52.5 Å². The minimum atomic E-state index is -3.60. The number of morpholine rings is 1. The zero-order valence-corrected chi connectivity index (χ0v) is 20.3. The van der Waals surface area contributed by atoms with Crippen molar-refractivity contribution >= 4 is 15.9 Å². The number of halogens is 1. The number of carbonyl (C=O) groups is 1. The molecule has 0 aliphatic carbocycles. The number of hydrogen-bond acceptors (Lipinski definition) is 8. The molecular weight excluding hydrogens is 489 g/mol. The van der Waals surface area contributed by atoms with E-state index in [1.807, 2.05) is 0 Å². The molecule has 0 radical (unpaired) electrons. The van der Waals surface area contributed by atoms with Crippen LogP contribution in [0.25, 0.3) is 5.69 Å². The number of rotatable bonds is 6. The maximum Gasteiger partial charge on any atom is 0.253 e. The van der Waals surface area contributed by atoms with Gasteiger partial charge in [0.05, 0.1) is 30.3 Å². The largest absolute Gasteiger partial charge is 0.379 e. The van der Waals surface area contributed by atoms with Crippen LogP contribution in [0.4, 0.5) is 4.39 Å². The topological polar surface area (TPSA) is 114 Å². The van der Waals surface area contributed by atoms with Gasteiger partial charge in [0.25, 0.3) is 5.91 Å². The van der Waals surface area contributed by atoms with Crippen LogP contribution in [0.5, 0.6) is 0 Å². The van der Waals surface area contributed by atoms with E-state index in [-0.39, 0.29) is 16.6 Å². The van der Waals surface area contributed by atoms with Gasteiger partial charge in [-0.3, -0.25) is 9.69 Å². The number of hydrogen-bond donors (Lipinski definition) is 0. The fraction of sp³-hybridized carbons (Fsp3) is 0.391. The molecule has 11 nitrogen and oxygen atoms in total. The third-order valence-corrected chi connectivity index (χ3v) is 8.25. The molecule has 0 bridgehead atoms. The van der Waals surface area contributed by atoms with Gasteiger partial charge >= 0.3 is 0 Å². The standard InChI is InChI=1S/C23H26FN7O4S/c24-19-3-5-20(6-4-19)31-22(25-26-27-31)17-28-9-11-29(12-10-28)23(32)18-1-7-21(8-2-18)36(33,34)30-13-15-35-16-14-30/h1-8H,9-17H2. The highest BCUT2D eigenvalue weighted by Gasteiger charge is 2.27. The summed E-state index contributed by atoms with van der Waals surface area (Å²) in [6.45, 7) is 4.19. The van der Waals surface area contributed by atoms with Crippen molar-refractivity contribution < 1.29 is 22.3 Å². The third kappa shape index (κ3) is 5.14. The van der Waals surface area contributed by atoms with Gasteiger partial charge in [0.15, 0.2) is 5.82 Å². The van der Waals surface area contributed by atoms with Gasteiger partial charge in [0.1, 0.15) is 5.82 Å². The van der Waals surface area contributed by atoms with Crippen LogP contribution in [0.2, 0.25) is 0 Å². The molecule has 0 atom stereocenters. The Bertz CT molecular complexity index is 1300. The van der Waals surface area contributed by atoms with Gasteiger partial charge in [-0.1, -0.05) is 0 Å². The lowest BCUT2D eigenvalue weighted by Gasteiger charge is -2.34. The Labute approximate surface area is 208 Å². The predicted molar refractivity (Wildman–Crippen MR) is 126 cm³/mol. The van der Waals surface area contributed by atoms with Gasteiger partial charge in [-0.2, -0.15) is 8.99 Å². The summed E-state index contributed by atoms with van der Waals surface area (Å²) in [4.78, 5) is 17.1. The number of amides is 1. The van der Waals surface area contributed by atoms with Crippen LogP contribution in [0, 0.1) is 5.82 Å². The summed E-state index contributed by atoms with van der Waals surface area (Å²) >= 11 is 0. The van der Waals surface area contributed by atoms with E-state index in [1.165, 1.54) is 28.6 Å². The first kappa shape index (κ1) is 24.4. The highest BCUT2D eigenvalue weighted by atomic mass is 32.2. The molecule has 2 saturated heterocycles. The minimum Gasteiger partial charge on any atom is -0.379 e. The summed E-state index contributed by atoms with van der Waals surface area (Å²) in [5, 5.41) is 11.9. The number of nitrogens with zero attached hydrogens (tertiary/aromatic N) is 7. The van der Waals surface area contributed by atoms with E-state index in [0.717, 1.165) is 0 Å². The summed E-state index contributed by atoms with van der Waals surface area (Å²) in [6.07, 6.45) is 0. The SMILES string of the molecule is O=C(c1ccc(S(=O)(=O)N2CCOCC2)cc1)N1CCN(Cc2nnnn2-c2ccc(F)cc2)CC1. The summed E-state index contributed by atoms with van der Waals surface area (Å²) in [7, 11) is -3.60. The molecule has 2 aliphatic rings. The van der Waals surface area contributed by atoms with Crippen molar-refractivity contribution in [3.05, 3.63) is 65.7 Å². The van der Waals surface area contributed by atoms with Gasteiger partial charge in [-0.15, -0.1) is 5.10 Å². The Morgan fingerprint density at radius 2 is 1.58 bits per heavy atom. The fourth-order valence-electron chi connectivity index (χ4n) is 4.28. The van der Waals surface area contributed by atoms with Crippen molar-refractivity contribution in [2.24, 2.45) is 0 Å². The Kier molecular flexibility index (Phi) is 7.05. The lowest BCUT2D eigenvalue weighted by molar-refractivity contribution is 0.0624. The highest BCUT2D eigenvalue weighted by molar-refractivity contribution is 7.89. The molecule has 2 aromatic carbocycles. The van der Waals surface area contributed by atoms with Crippen LogP contribution in [-0.2, 0) is 21.3 Å². The Morgan fingerprint density at radius 1 is 0.917 bits per heavy atom. The first-order chi connectivity index (χ1) is 17.4. The second kappa shape index (κ2) is 10.4. The van der Waals surface area contributed by atoms with E-state index >= 15 is 0 Å². The van der Waals surface area contributed by atoms with Crippen molar-refractivity contribution in [2.45, 2.75) is 11.4 Å². The molecule has 0 unspecified atom stereocenters. The maximum atomic E-state index is 13.2. The monoisotopic (exact) mass is 515 g/mol. The van der Waals surface area contributed by atoms with Crippen molar-refractivity contribution in [1.29, 1.82) is 0 Å². The quantitative estimate of drug-likeness (QED) is 0.473. The minimum absolute atomic E-state index is 0.138. The lowest BCUT2D eigenvalue weighted by Crippen LogP contribution is -2.48. The Morgan fingerprint density at radius 3 is 2.25 bits per heavy atom. The summed E-state index contributed by atoms with van der Waals surface area (Å²) < 4.78 is 47.1. The van der Waals surface area contributed by atoms with Crippen LogP contribution in [0.3, 0.4) is 0 Å². The predicted octanol–water partition coefficient (Wildman–Crippen LogP) is 0.780. The number of piperazine rings is 1. The zero-order valence-electron chi connectivity index (χ0n) is 19.5. The normalized spacial score (nSPS) is 17.9. The molecule has 3 heterocycles. The number of sulfonamides is 1. The van der Waals surface area contributed by atoms with Gasteiger partial charge in [-0.05, 0) is 59.0 Å². The molecule has 0 spiro atoms. The van der Waals surface area contributed by atoms with Crippen molar-refractivity contribution in [3.63, 3.8) is 0 Å². The molecule has 2 aliphatic heterocycles. The van der Waals surface area contributed by atoms with E-state index in [2.05, 4.69) is 20.4 Å². The van der Waals surface area contributed by atoms with Gasteiger partial charge < -0.3 is 9.64 Å². The van der Waals surface area contributed by atoms with Crippen LogP contribution >= 0.6 is 0 Å². The third-order valence-electron chi connectivity index (χ3n) is 6.34. The number of tetrazole rings is 1. The molecule has 36 heavy (non-hydrogen) atoms. The van der Waals surface area contributed by atoms with E-state index < -0.39 is 10.0 Å². The molecule has 5 rings (SSSR count). The summed E-state index contributed by atoms with van der Waals surface area (Å²) in [6, 6.07) is 12.1. The summed E-state index contributed by atoms with van der Waals surface area (Å²) in [5.41, 5.74) is 1.12. The first-order valence-electron chi connectivity index (χ1n) is 11.6. The van der Waals surface area contributed by atoms with Crippen LogP contribution in [0.15, 0.2) is 53.4 Å². The van der Waals surface area contributed by atoms with E-state index in [9.17, 15) is 17.6 Å². The molecule has 13 heteroatoms. The molecule has 3 aromatic rings. The fourth-order valence-corrected chi connectivity index (χ4v) is 5.69. The van der Waals surface area contributed by atoms with Crippen molar-refractivity contribution in [3.8, 4) is 5.69 Å². The Hall–Kier alpha value is -3.26. The molecule has 190 valence electrons. The molecule has 2 fully saturated rings. The smallest absolute Gasteiger partial charge is 0.253 e. The van der Waals surface area contributed by atoms with Crippen LogP contribution in [0.1, 0.15) is 16.2 Å². The number of benzene rings is 2. The second-order valence-corrected chi connectivity index (χ2v) is 10.5. The lowest BCUT2D eigenvalue weighted by atomic mass is 10.2. The zero-order chi connectivity index (χ0) is 25.1. The molecular formula is C23H26FN7O4S. The summed E-state index contributed by atoms with van der Waals surface area (Å²) in [5.74, 6) is 0.155.